The summed E-state index contributed by atoms with van der Waals surface area (Å²) in [5.41, 5.74) is 8.49. The van der Waals surface area contributed by atoms with Gasteiger partial charge in [-0.3, -0.25) is 4.79 Å². The van der Waals surface area contributed by atoms with Crippen LogP contribution in [0.1, 0.15) is 27.9 Å². The van der Waals surface area contributed by atoms with Crippen LogP contribution in [0.2, 0.25) is 0 Å². The fraction of sp³-hybridized carbons (Fsp3) is 0.179. The van der Waals surface area contributed by atoms with Crippen molar-refractivity contribution in [1.29, 1.82) is 0 Å². The van der Waals surface area contributed by atoms with E-state index in [9.17, 15) is 4.79 Å². The van der Waals surface area contributed by atoms with Gasteiger partial charge in [0.2, 0.25) is 0 Å². The van der Waals surface area contributed by atoms with E-state index in [1.807, 2.05) is 71.6 Å². The van der Waals surface area contributed by atoms with Gasteiger partial charge in [0, 0.05) is 13.1 Å². The molecule has 0 fully saturated rings. The molecule has 0 saturated heterocycles. The maximum Gasteiger partial charge on any atom is 0.257 e. The summed E-state index contributed by atoms with van der Waals surface area (Å²) in [5, 5.41) is 2.36. The zero-order chi connectivity index (χ0) is 22.2. The third kappa shape index (κ3) is 5.34. The number of nitrogens with two attached hydrogens (primary N) is 1. The fourth-order valence-electron chi connectivity index (χ4n) is 3.77. The highest BCUT2D eigenvalue weighted by molar-refractivity contribution is 5.97. The number of para-hydroxylation sites is 1. The number of fused-ring (bicyclic) bond motifs is 1. The van der Waals surface area contributed by atoms with Gasteiger partial charge in [0.15, 0.2) is 0 Å². The van der Waals surface area contributed by atoms with Crippen LogP contribution in [0.5, 0.6) is 5.75 Å². The van der Waals surface area contributed by atoms with Crippen LogP contribution in [0.4, 0.5) is 0 Å². The molecule has 0 aliphatic carbocycles. The first-order valence-corrected chi connectivity index (χ1v) is 11.0. The summed E-state index contributed by atoms with van der Waals surface area (Å²) in [7, 11) is 0. The summed E-state index contributed by atoms with van der Waals surface area (Å²) in [6.07, 6.45) is 0.742. The Labute approximate surface area is 189 Å². The molecule has 4 nitrogen and oxygen atoms in total. The Balaban J connectivity index is 1.55. The van der Waals surface area contributed by atoms with Gasteiger partial charge in [-0.25, -0.2) is 0 Å². The van der Waals surface area contributed by atoms with Crippen molar-refractivity contribution < 1.29 is 9.53 Å². The molecular formula is C28H28N2O2. The van der Waals surface area contributed by atoms with Crippen LogP contribution in [0.25, 0.3) is 10.8 Å². The van der Waals surface area contributed by atoms with Gasteiger partial charge >= 0.3 is 0 Å². The SMILES string of the molecule is NCCCN(Cc1ccc2ccccc2c1)C(=O)c1ccccc1OCc1ccccc1. The van der Waals surface area contributed by atoms with Gasteiger partial charge in [-0.15, -0.1) is 0 Å². The topological polar surface area (TPSA) is 55.6 Å². The first-order valence-electron chi connectivity index (χ1n) is 11.0. The van der Waals surface area contributed by atoms with Gasteiger partial charge in [0.1, 0.15) is 12.4 Å². The normalized spacial score (nSPS) is 10.8. The Morgan fingerprint density at radius 3 is 2.31 bits per heavy atom. The van der Waals surface area contributed by atoms with E-state index in [0.29, 0.717) is 37.6 Å². The zero-order valence-electron chi connectivity index (χ0n) is 18.1. The molecule has 0 aromatic heterocycles. The van der Waals surface area contributed by atoms with Crippen molar-refractivity contribution in [3.05, 3.63) is 114 Å². The van der Waals surface area contributed by atoms with Crippen LogP contribution in [0.15, 0.2) is 97.1 Å². The lowest BCUT2D eigenvalue weighted by Crippen LogP contribution is -2.32. The van der Waals surface area contributed by atoms with Crippen LogP contribution < -0.4 is 10.5 Å². The molecule has 0 aliphatic rings. The second-order valence-corrected chi connectivity index (χ2v) is 7.82. The van der Waals surface area contributed by atoms with E-state index in [2.05, 4.69) is 30.3 Å². The largest absolute Gasteiger partial charge is 0.488 e. The first kappa shape index (κ1) is 21.6. The van der Waals surface area contributed by atoms with Crippen molar-refractivity contribution in [2.24, 2.45) is 5.73 Å². The standard InChI is InChI=1S/C28H28N2O2/c29-17-8-18-30(20-23-15-16-24-11-4-5-12-25(24)19-23)28(31)26-13-6-7-14-27(26)32-21-22-9-2-1-3-10-22/h1-7,9-16,19H,8,17-18,20-21,29H2. The minimum absolute atomic E-state index is 0.0460. The second-order valence-electron chi connectivity index (χ2n) is 7.82. The molecule has 4 aromatic rings. The summed E-state index contributed by atoms with van der Waals surface area (Å²) < 4.78 is 6.03. The van der Waals surface area contributed by atoms with Crippen molar-refractivity contribution in [3.63, 3.8) is 0 Å². The lowest BCUT2D eigenvalue weighted by molar-refractivity contribution is 0.0737. The summed E-state index contributed by atoms with van der Waals surface area (Å²) in [6, 6.07) is 32.0. The number of nitrogens with zero attached hydrogens (tertiary/aromatic N) is 1. The summed E-state index contributed by atoms with van der Waals surface area (Å²) in [4.78, 5) is 15.4. The van der Waals surface area contributed by atoms with E-state index in [4.69, 9.17) is 10.5 Å². The van der Waals surface area contributed by atoms with Gasteiger partial charge in [0.05, 0.1) is 5.56 Å². The van der Waals surface area contributed by atoms with Crippen LogP contribution in [-0.4, -0.2) is 23.9 Å². The van der Waals surface area contributed by atoms with E-state index in [1.165, 1.54) is 10.8 Å². The molecule has 0 atom stereocenters. The Morgan fingerprint density at radius 1 is 0.781 bits per heavy atom. The lowest BCUT2D eigenvalue weighted by Gasteiger charge is -2.24. The molecule has 0 aliphatic heterocycles. The number of hydrogen-bond acceptors (Lipinski definition) is 3. The van der Waals surface area contributed by atoms with Gasteiger partial charge in [0.25, 0.3) is 5.91 Å². The molecule has 4 heteroatoms. The monoisotopic (exact) mass is 424 g/mol. The smallest absolute Gasteiger partial charge is 0.257 e. The predicted molar refractivity (Wildman–Crippen MR) is 130 cm³/mol. The molecule has 0 saturated carbocycles. The quantitative estimate of drug-likeness (QED) is 0.391. The number of ether oxygens (including phenoxy) is 1. The third-order valence-corrected chi connectivity index (χ3v) is 5.46. The molecule has 162 valence electrons. The Bertz CT molecular complexity index is 1170. The van der Waals surface area contributed by atoms with Crippen molar-refractivity contribution >= 4 is 16.7 Å². The number of benzene rings is 4. The average Bonchev–Trinajstić information content (AvgIpc) is 2.85. The van der Waals surface area contributed by atoms with Crippen molar-refractivity contribution in [2.45, 2.75) is 19.6 Å². The van der Waals surface area contributed by atoms with E-state index >= 15 is 0 Å². The molecule has 32 heavy (non-hydrogen) atoms. The predicted octanol–water partition coefficient (Wildman–Crippen LogP) is 5.41. The van der Waals surface area contributed by atoms with Gasteiger partial charge in [-0.2, -0.15) is 0 Å². The summed E-state index contributed by atoms with van der Waals surface area (Å²) in [5.74, 6) is 0.549. The van der Waals surface area contributed by atoms with Crippen molar-refractivity contribution in [3.8, 4) is 5.75 Å². The van der Waals surface area contributed by atoms with E-state index < -0.39 is 0 Å². The lowest BCUT2D eigenvalue weighted by atomic mass is 10.1. The molecule has 4 aromatic carbocycles. The third-order valence-electron chi connectivity index (χ3n) is 5.46. The van der Waals surface area contributed by atoms with E-state index in [0.717, 1.165) is 17.5 Å². The van der Waals surface area contributed by atoms with E-state index in [1.54, 1.807) is 0 Å². The number of hydrogen-bond donors (Lipinski definition) is 1. The zero-order valence-corrected chi connectivity index (χ0v) is 18.1. The molecule has 4 rings (SSSR count). The minimum atomic E-state index is -0.0460. The molecule has 0 radical (unpaired) electrons. The summed E-state index contributed by atoms with van der Waals surface area (Å²) >= 11 is 0. The Hall–Kier alpha value is -3.63. The number of rotatable bonds is 9. The van der Waals surface area contributed by atoms with Gasteiger partial charge < -0.3 is 15.4 Å². The van der Waals surface area contributed by atoms with Crippen LogP contribution in [0.3, 0.4) is 0 Å². The molecular weight excluding hydrogens is 396 g/mol. The van der Waals surface area contributed by atoms with Crippen LogP contribution >= 0.6 is 0 Å². The summed E-state index contributed by atoms with van der Waals surface area (Å²) in [6.45, 7) is 2.07. The molecule has 1 amide bonds. The second kappa shape index (κ2) is 10.6. The molecule has 0 heterocycles. The molecule has 0 bridgehead atoms. The van der Waals surface area contributed by atoms with Gasteiger partial charge in [-0.05, 0) is 53.1 Å². The average molecular weight is 425 g/mol. The van der Waals surface area contributed by atoms with Crippen molar-refractivity contribution in [1.82, 2.24) is 4.90 Å². The van der Waals surface area contributed by atoms with Crippen molar-refractivity contribution in [2.75, 3.05) is 13.1 Å². The Kier molecular flexibility index (Phi) is 7.15. The van der Waals surface area contributed by atoms with E-state index in [-0.39, 0.29) is 5.91 Å². The first-order chi connectivity index (χ1) is 15.7. The molecule has 0 spiro atoms. The number of carbonyl (C=O) groups excluding carboxylic acids is 1. The number of carbonyl (C=O) groups is 1. The molecule has 2 N–H and O–H groups in total. The molecule has 0 unspecified atom stereocenters. The fourth-order valence-corrected chi connectivity index (χ4v) is 3.77. The van der Waals surface area contributed by atoms with Crippen LogP contribution in [-0.2, 0) is 13.2 Å². The maximum absolute atomic E-state index is 13.6. The highest BCUT2D eigenvalue weighted by Crippen LogP contribution is 2.23. The van der Waals surface area contributed by atoms with Crippen LogP contribution in [0, 0.1) is 0 Å². The maximum atomic E-state index is 13.6. The highest BCUT2D eigenvalue weighted by Gasteiger charge is 2.20. The van der Waals surface area contributed by atoms with Gasteiger partial charge in [-0.1, -0.05) is 78.9 Å². The Morgan fingerprint density at radius 2 is 1.50 bits per heavy atom. The highest BCUT2D eigenvalue weighted by atomic mass is 16.5. The number of amides is 1. The minimum Gasteiger partial charge on any atom is -0.488 e.